The van der Waals surface area contributed by atoms with Crippen LogP contribution in [0.2, 0.25) is 0 Å². The summed E-state index contributed by atoms with van der Waals surface area (Å²) in [5, 5.41) is 0. The average Bonchev–Trinajstić information content (AvgIpc) is 2.46. The lowest BCUT2D eigenvalue weighted by atomic mass is 9.95. The lowest BCUT2D eigenvalue weighted by Crippen LogP contribution is -2.13. The molecule has 0 aliphatic rings. The summed E-state index contributed by atoms with van der Waals surface area (Å²) < 4.78 is 0. The van der Waals surface area contributed by atoms with Crippen LogP contribution in [0, 0.1) is 5.92 Å². The smallest absolute Gasteiger partial charge is 0.0562 e. The molecular weight excluding hydrogens is 262 g/mol. The number of benzene rings is 2. The van der Waals surface area contributed by atoms with Crippen LogP contribution in [-0.4, -0.2) is 6.26 Å². The third-order valence-corrected chi connectivity index (χ3v) is 4.24. The second kappa shape index (κ2) is 6.96. The Morgan fingerprint density at radius 3 is 2.50 bits per heavy atom. The summed E-state index contributed by atoms with van der Waals surface area (Å²) in [5.41, 5.74) is 10.3. The normalized spacial score (nSPS) is 12.7. The van der Waals surface area contributed by atoms with Gasteiger partial charge in [-0.15, -0.1) is 11.8 Å². The maximum Gasteiger partial charge on any atom is 0.0562 e. The zero-order valence-electron chi connectivity index (χ0n) is 12.5. The summed E-state index contributed by atoms with van der Waals surface area (Å²) in [6.45, 7) is 4.49. The molecule has 0 fully saturated rings. The van der Waals surface area contributed by atoms with Crippen molar-refractivity contribution >= 4 is 11.8 Å². The molecule has 106 valence electrons. The predicted octanol–water partition coefficient (Wildman–Crippen LogP) is 4.66. The molecule has 0 radical (unpaired) electrons. The van der Waals surface area contributed by atoms with E-state index in [0.717, 1.165) is 6.42 Å². The minimum Gasteiger partial charge on any atom is -0.320 e. The Morgan fingerprint density at radius 2 is 1.80 bits per heavy atom. The molecule has 1 atom stereocenters. The molecule has 1 nitrogen and oxygen atoms in total. The van der Waals surface area contributed by atoms with E-state index in [1.54, 1.807) is 11.8 Å². The van der Waals surface area contributed by atoms with E-state index < -0.39 is 0 Å². The van der Waals surface area contributed by atoms with Crippen molar-refractivity contribution < 1.29 is 0 Å². The minimum absolute atomic E-state index is 0.0502. The van der Waals surface area contributed by atoms with Gasteiger partial charge in [0.2, 0.25) is 0 Å². The Labute approximate surface area is 126 Å². The molecule has 2 rings (SSSR count). The SMILES string of the molecule is CSc1ccccc1C(N)c1cccc(CC(C)C)c1. The van der Waals surface area contributed by atoms with E-state index in [1.807, 2.05) is 0 Å². The van der Waals surface area contributed by atoms with E-state index in [4.69, 9.17) is 5.73 Å². The van der Waals surface area contributed by atoms with Crippen LogP contribution in [0.5, 0.6) is 0 Å². The van der Waals surface area contributed by atoms with Crippen LogP contribution in [0.4, 0.5) is 0 Å². The van der Waals surface area contributed by atoms with Gasteiger partial charge in [0, 0.05) is 4.90 Å². The lowest BCUT2D eigenvalue weighted by Gasteiger charge is -2.17. The molecule has 0 bridgehead atoms. The number of hydrogen-bond donors (Lipinski definition) is 1. The van der Waals surface area contributed by atoms with Gasteiger partial charge in [0.15, 0.2) is 0 Å². The Balaban J connectivity index is 2.30. The molecule has 2 heteroatoms. The molecule has 0 spiro atoms. The zero-order chi connectivity index (χ0) is 14.5. The van der Waals surface area contributed by atoms with Crippen LogP contribution >= 0.6 is 11.8 Å². The summed E-state index contributed by atoms with van der Waals surface area (Å²) in [5.74, 6) is 0.667. The summed E-state index contributed by atoms with van der Waals surface area (Å²) in [6, 6.07) is 17.0. The van der Waals surface area contributed by atoms with Crippen LogP contribution in [0.15, 0.2) is 53.4 Å². The Hall–Kier alpha value is -1.25. The Kier molecular flexibility index (Phi) is 5.27. The fourth-order valence-corrected chi connectivity index (χ4v) is 3.13. The molecule has 0 heterocycles. The lowest BCUT2D eigenvalue weighted by molar-refractivity contribution is 0.646. The standard InChI is InChI=1S/C18H23NS/c1-13(2)11-14-7-6-8-15(12-14)18(19)16-9-4-5-10-17(16)20-3/h4-10,12-13,18H,11,19H2,1-3H3. The fraction of sp³-hybridized carbons (Fsp3) is 0.333. The van der Waals surface area contributed by atoms with Crippen molar-refractivity contribution in [3.8, 4) is 0 Å². The second-order valence-corrected chi connectivity index (χ2v) is 6.41. The van der Waals surface area contributed by atoms with Crippen molar-refractivity contribution in [1.29, 1.82) is 0 Å². The Morgan fingerprint density at radius 1 is 1.05 bits per heavy atom. The number of thioether (sulfide) groups is 1. The van der Waals surface area contributed by atoms with Crippen molar-refractivity contribution in [3.05, 3.63) is 65.2 Å². The summed E-state index contributed by atoms with van der Waals surface area (Å²) >= 11 is 1.75. The second-order valence-electron chi connectivity index (χ2n) is 5.56. The summed E-state index contributed by atoms with van der Waals surface area (Å²) in [4.78, 5) is 1.26. The summed E-state index contributed by atoms with van der Waals surface area (Å²) in [7, 11) is 0. The van der Waals surface area contributed by atoms with Gasteiger partial charge in [0.05, 0.1) is 6.04 Å². The van der Waals surface area contributed by atoms with E-state index in [-0.39, 0.29) is 6.04 Å². The molecule has 0 saturated heterocycles. The average molecular weight is 285 g/mol. The van der Waals surface area contributed by atoms with E-state index in [2.05, 4.69) is 68.6 Å². The largest absolute Gasteiger partial charge is 0.320 e. The molecule has 2 aromatic carbocycles. The molecule has 0 aromatic heterocycles. The first-order valence-corrected chi connectivity index (χ1v) is 8.31. The quantitative estimate of drug-likeness (QED) is 0.809. The van der Waals surface area contributed by atoms with Gasteiger partial charge in [-0.2, -0.15) is 0 Å². The first kappa shape index (κ1) is 15.1. The minimum atomic E-state index is -0.0502. The number of rotatable bonds is 5. The zero-order valence-corrected chi connectivity index (χ0v) is 13.3. The van der Waals surface area contributed by atoms with E-state index in [9.17, 15) is 0 Å². The van der Waals surface area contributed by atoms with Crippen molar-refractivity contribution in [2.24, 2.45) is 11.7 Å². The highest BCUT2D eigenvalue weighted by atomic mass is 32.2. The molecule has 0 amide bonds. The highest BCUT2D eigenvalue weighted by Gasteiger charge is 2.13. The fourth-order valence-electron chi connectivity index (χ4n) is 2.49. The van der Waals surface area contributed by atoms with E-state index >= 15 is 0 Å². The highest BCUT2D eigenvalue weighted by molar-refractivity contribution is 7.98. The molecular formula is C18H23NS. The van der Waals surface area contributed by atoms with Gasteiger partial charge in [-0.1, -0.05) is 56.3 Å². The molecule has 0 saturated carbocycles. The third kappa shape index (κ3) is 3.65. The van der Waals surface area contributed by atoms with Gasteiger partial charge in [0.1, 0.15) is 0 Å². The third-order valence-electron chi connectivity index (χ3n) is 3.43. The van der Waals surface area contributed by atoms with Crippen LogP contribution < -0.4 is 5.73 Å². The van der Waals surface area contributed by atoms with Crippen LogP contribution in [0.25, 0.3) is 0 Å². The first-order valence-electron chi connectivity index (χ1n) is 7.09. The molecule has 0 aliphatic carbocycles. The number of hydrogen-bond acceptors (Lipinski definition) is 2. The highest BCUT2D eigenvalue weighted by Crippen LogP contribution is 2.29. The van der Waals surface area contributed by atoms with E-state index in [0.29, 0.717) is 5.92 Å². The molecule has 2 aromatic rings. The predicted molar refractivity (Wildman–Crippen MR) is 89.2 cm³/mol. The maximum absolute atomic E-state index is 6.48. The monoisotopic (exact) mass is 285 g/mol. The van der Waals surface area contributed by atoms with Crippen LogP contribution in [0.3, 0.4) is 0 Å². The van der Waals surface area contributed by atoms with Gasteiger partial charge >= 0.3 is 0 Å². The van der Waals surface area contributed by atoms with Crippen molar-refractivity contribution in [3.63, 3.8) is 0 Å². The van der Waals surface area contributed by atoms with Crippen molar-refractivity contribution in [2.45, 2.75) is 31.2 Å². The maximum atomic E-state index is 6.48. The molecule has 20 heavy (non-hydrogen) atoms. The first-order chi connectivity index (χ1) is 9.61. The van der Waals surface area contributed by atoms with Gasteiger partial charge in [-0.25, -0.2) is 0 Å². The molecule has 1 unspecified atom stereocenters. The van der Waals surface area contributed by atoms with Crippen molar-refractivity contribution in [2.75, 3.05) is 6.26 Å². The van der Waals surface area contributed by atoms with Crippen LogP contribution in [-0.2, 0) is 6.42 Å². The van der Waals surface area contributed by atoms with Gasteiger partial charge in [-0.3, -0.25) is 0 Å². The van der Waals surface area contributed by atoms with Crippen LogP contribution in [0.1, 0.15) is 36.6 Å². The van der Waals surface area contributed by atoms with Gasteiger partial charge < -0.3 is 5.73 Å². The summed E-state index contributed by atoms with van der Waals surface area (Å²) in [6.07, 6.45) is 3.20. The topological polar surface area (TPSA) is 26.0 Å². The van der Waals surface area contributed by atoms with E-state index in [1.165, 1.54) is 21.6 Å². The van der Waals surface area contributed by atoms with Gasteiger partial charge in [-0.05, 0) is 41.4 Å². The molecule has 0 aliphatic heterocycles. The Bertz CT molecular complexity index is 563. The molecule has 2 N–H and O–H groups in total. The van der Waals surface area contributed by atoms with Crippen molar-refractivity contribution in [1.82, 2.24) is 0 Å². The number of nitrogens with two attached hydrogens (primary N) is 1. The van der Waals surface area contributed by atoms with Gasteiger partial charge in [0.25, 0.3) is 0 Å².